The van der Waals surface area contributed by atoms with Crippen molar-refractivity contribution in [2.45, 2.75) is 46.0 Å². The third-order valence-corrected chi connectivity index (χ3v) is 3.60. The van der Waals surface area contributed by atoms with Crippen molar-refractivity contribution in [3.05, 3.63) is 29.8 Å². The van der Waals surface area contributed by atoms with Gasteiger partial charge in [-0.3, -0.25) is 0 Å². The van der Waals surface area contributed by atoms with Crippen LogP contribution in [0, 0.1) is 17.2 Å². The molecule has 0 aliphatic rings. The molecule has 0 N–H and O–H groups in total. The van der Waals surface area contributed by atoms with Gasteiger partial charge in [0, 0.05) is 6.61 Å². The molecular formula is C18H27NO2. The summed E-state index contributed by atoms with van der Waals surface area (Å²) >= 11 is 0. The molecule has 116 valence electrons. The van der Waals surface area contributed by atoms with E-state index < -0.39 is 0 Å². The van der Waals surface area contributed by atoms with Crippen molar-refractivity contribution in [3.8, 4) is 11.8 Å². The van der Waals surface area contributed by atoms with Gasteiger partial charge in [0.25, 0.3) is 0 Å². The van der Waals surface area contributed by atoms with Gasteiger partial charge in [-0.05, 0) is 30.0 Å². The molecule has 1 aromatic rings. The maximum atomic E-state index is 8.61. The van der Waals surface area contributed by atoms with Crippen LogP contribution in [0.2, 0.25) is 0 Å². The van der Waals surface area contributed by atoms with E-state index in [-0.39, 0.29) is 0 Å². The van der Waals surface area contributed by atoms with Crippen LogP contribution in [-0.4, -0.2) is 19.8 Å². The summed E-state index contributed by atoms with van der Waals surface area (Å²) in [5.74, 6) is 1.51. The molecule has 0 saturated carbocycles. The number of nitrogens with zero attached hydrogens (tertiary/aromatic N) is 1. The van der Waals surface area contributed by atoms with Crippen molar-refractivity contribution in [1.82, 2.24) is 0 Å². The molecule has 0 aliphatic heterocycles. The Kier molecular flexibility index (Phi) is 9.32. The molecular weight excluding hydrogens is 262 g/mol. The molecule has 0 heterocycles. The average Bonchev–Trinajstić information content (AvgIpc) is 2.52. The lowest BCUT2D eigenvalue weighted by molar-refractivity contribution is 0.0699. The molecule has 1 aromatic carbocycles. The highest BCUT2D eigenvalue weighted by atomic mass is 16.5. The van der Waals surface area contributed by atoms with E-state index in [1.54, 1.807) is 0 Å². The number of unbranched alkanes of at least 4 members (excludes halogenated alkanes) is 1. The van der Waals surface area contributed by atoms with Crippen LogP contribution in [0.1, 0.15) is 45.1 Å². The van der Waals surface area contributed by atoms with E-state index in [2.05, 4.69) is 19.9 Å². The van der Waals surface area contributed by atoms with Gasteiger partial charge in [0.2, 0.25) is 0 Å². The normalized spacial score (nSPS) is 11.9. The summed E-state index contributed by atoms with van der Waals surface area (Å²) in [5.41, 5.74) is 1.02. The average molecular weight is 289 g/mol. The number of rotatable bonds is 11. The molecule has 0 aromatic heterocycles. The Hall–Kier alpha value is -1.53. The van der Waals surface area contributed by atoms with Gasteiger partial charge in [-0.15, -0.1) is 0 Å². The molecule has 0 amide bonds. The Morgan fingerprint density at radius 1 is 1.14 bits per heavy atom. The molecule has 0 spiro atoms. The van der Waals surface area contributed by atoms with E-state index in [1.807, 2.05) is 24.3 Å². The molecule has 3 nitrogen and oxygen atoms in total. The smallest absolute Gasteiger partial charge is 0.119 e. The van der Waals surface area contributed by atoms with Gasteiger partial charge in [0.1, 0.15) is 12.4 Å². The van der Waals surface area contributed by atoms with Crippen molar-refractivity contribution in [3.63, 3.8) is 0 Å². The summed E-state index contributed by atoms with van der Waals surface area (Å²) in [5, 5.41) is 8.61. The van der Waals surface area contributed by atoms with Gasteiger partial charge in [-0.25, -0.2) is 0 Å². The van der Waals surface area contributed by atoms with Crippen LogP contribution in [-0.2, 0) is 11.2 Å². The molecule has 1 unspecified atom stereocenters. The fraction of sp³-hybridized carbons (Fsp3) is 0.611. The second-order valence-corrected chi connectivity index (χ2v) is 5.32. The van der Waals surface area contributed by atoms with Crippen LogP contribution in [0.4, 0.5) is 0 Å². The molecule has 0 fully saturated rings. The maximum Gasteiger partial charge on any atom is 0.119 e. The molecule has 21 heavy (non-hydrogen) atoms. The van der Waals surface area contributed by atoms with Gasteiger partial charge in [-0.1, -0.05) is 45.2 Å². The number of hydrogen-bond donors (Lipinski definition) is 0. The Bertz CT molecular complexity index is 408. The summed E-state index contributed by atoms with van der Waals surface area (Å²) < 4.78 is 11.3. The predicted octanol–water partition coefficient (Wildman–Crippen LogP) is 4.36. The number of nitriles is 1. The van der Waals surface area contributed by atoms with Crippen LogP contribution < -0.4 is 4.74 Å². The topological polar surface area (TPSA) is 42.2 Å². The Labute approximate surface area is 128 Å². The van der Waals surface area contributed by atoms with Crippen molar-refractivity contribution in [2.75, 3.05) is 19.8 Å². The van der Waals surface area contributed by atoms with Crippen LogP contribution in [0.5, 0.6) is 5.75 Å². The van der Waals surface area contributed by atoms with E-state index in [0.29, 0.717) is 25.6 Å². The summed E-state index contributed by atoms with van der Waals surface area (Å²) in [7, 11) is 0. The SMILES string of the molecule is CCCCC(CC)COCCOc1ccc(CC#N)cc1. The Morgan fingerprint density at radius 3 is 2.52 bits per heavy atom. The third-order valence-electron chi connectivity index (χ3n) is 3.60. The summed E-state index contributed by atoms with van der Waals surface area (Å²) in [6.45, 7) is 6.48. The molecule has 0 radical (unpaired) electrons. The van der Waals surface area contributed by atoms with Gasteiger partial charge >= 0.3 is 0 Å². The molecule has 1 atom stereocenters. The van der Waals surface area contributed by atoms with E-state index in [0.717, 1.165) is 17.9 Å². The first-order valence-electron chi connectivity index (χ1n) is 7.96. The molecule has 1 rings (SSSR count). The summed E-state index contributed by atoms with van der Waals surface area (Å²) in [6.07, 6.45) is 5.42. The second-order valence-electron chi connectivity index (χ2n) is 5.32. The van der Waals surface area contributed by atoms with Crippen molar-refractivity contribution in [2.24, 2.45) is 5.92 Å². The highest BCUT2D eigenvalue weighted by Crippen LogP contribution is 2.14. The first-order valence-corrected chi connectivity index (χ1v) is 7.96. The molecule has 0 saturated heterocycles. The second kappa shape index (κ2) is 11.2. The fourth-order valence-electron chi connectivity index (χ4n) is 2.16. The lowest BCUT2D eigenvalue weighted by Crippen LogP contribution is -2.13. The minimum Gasteiger partial charge on any atom is -0.491 e. The van der Waals surface area contributed by atoms with Crippen LogP contribution >= 0.6 is 0 Å². The quantitative estimate of drug-likeness (QED) is 0.568. The number of hydrogen-bond acceptors (Lipinski definition) is 3. The minimum absolute atomic E-state index is 0.444. The van der Waals surface area contributed by atoms with E-state index >= 15 is 0 Å². The van der Waals surface area contributed by atoms with Crippen LogP contribution in [0.3, 0.4) is 0 Å². The molecule has 0 aliphatic carbocycles. The first kappa shape index (κ1) is 17.5. The number of ether oxygens (including phenoxy) is 2. The molecule has 3 heteroatoms. The molecule has 0 bridgehead atoms. The minimum atomic E-state index is 0.444. The third kappa shape index (κ3) is 7.72. The van der Waals surface area contributed by atoms with Gasteiger partial charge in [0.05, 0.1) is 19.1 Å². The van der Waals surface area contributed by atoms with Gasteiger partial charge < -0.3 is 9.47 Å². The zero-order valence-corrected chi connectivity index (χ0v) is 13.3. The van der Waals surface area contributed by atoms with Crippen LogP contribution in [0.25, 0.3) is 0 Å². The van der Waals surface area contributed by atoms with Crippen LogP contribution in [0.15, 0.2) is 24.3 Å². The summed E-state index contributed by atoms with van der Waals surface area (Å²) in [6, 6.07) is 9.80. The van der Waals surface area contributed by atoms with Gasteiger partial charge in [-0.2, -0.15) is 5.26 Å². The lowest BCUT2D eigenvalue weighted by Gasteiger charge is -2.14. The van der Waals surface area contributed by atoms with Crippen molar-refractivity contribution < 1.29 is 9.47 Å². The first-order chi connectivity index (χ1) is 10.3. The highest BCUT2D eigenvalue weighted by Gasteiger charge is 2.05. The standard InChI is InChI=1S/C18H27NO2/c1-3-5-6-16(4-2)15-20-13-14-21-18-9-7-17(8-10-18)11-12-19/h7-10,16H,3-6,11,13-15H2,1-2H3. The van der Waals surface area contributed by atoms with Crippen molar-refractivity contribution >= 4 is 0 Å². The summed E-state index contributed by atoms with van der Waals surface area (Å²) in [4.78, 5) is 0. The van der Waals surface area contributed by atoms with E-state index in [9.17, 15) is 0 Å². The van der Waals surface area contributed by atoms with Gasteiger partial charge in [0.15, 0.2) is 0 Å². The Balaban J connectivity index is 2.14. The Morgan fingerprint density at radius 2 is 1.90 bits per heavy atom. The lowest BCUT2D eigenvalue weighted by atomic mass is 10.0. The number of benzene rings is 1. The predicted molar refractivity (Wildman–Crippen MR) is 85.4 cm³/mol. The monoisotopic (exact) mass is 289 g/mol. The van der Waals surface area contributed by atoms with Crippen molar-refractivity contribution in [1.29, 1.82) is 5.26 Å². The fourth-order valence-corrected chi connectivity index (χ4v) is 2.16. The highest BCUT2D eigenvalue weighted by molar-refractivity contribution is 5.28. The van der Waals surface area contributed by atoms with E-state index in [4.69, 9.17) is 14.7 Å². The zero-order chi connectivity index (χ0) is 15.3. The largest absolute Gasteiger partial charge is 0.491 e. The van der Waals surface area contributed by atoms with E-state index in [1.165, 1.54) is 25.7 Å². The zero-order valence-electron chi connectivity index (χ0n) is 13.3. The maximum absolute atomic E-state index is 8.61.